The van der Waals surface area contributed by atoms with E-state index in [1.165, 1.54) is 6.07 Å². The van der Waals surface area contributed by atoms with Gasteiger partial charge in [-0.2, -0.15) is 0 Å². The van der Waals surface area contributed by atoms with Crippen LogP contribution in [-0.4, -0.2) is 11.9 Å². The maximum atomic E-state index is 12.6. The molecule has 0 spiro atoms. The van der Waals surface area contributed by atoms with E-state index in [0.29, 0.717) is 11.8 Å². The van der Waals surface area contributed by atoms with Crippen LogP contribution in [0.2, 0.25) is 0 Å². The van der Waals surface area contributed by atoms with E-state index in [1.807, 2.05) is 0 Å². The zero-order valence-electron chi connectivity index (χ0n) is 6.88. The molecule has 1 aromatic rings. The number of anilines is 1. The van der Waals surface area contributed by atoms with E-state index < -0.39 is 17.7 Å². The Balaban J connectivity index is 2.73. The molecule has 0 heterocycles. The highest BCUT2D eigenvalue weighted by molar-refractivity contribution is 7.99. The first-order chi connectivity index (χ1) is 6.50. The molecule has 0 aliphatic carbocycles. The molecule has 0 bridgehead atoms. The lowest BCUT2D eigenvalue weighted by Crippen LogP contribution is -2.06. The van der Waals surface area contributed by atoms with Crippen LogP contribution < -0.4 is 5.73 Å². The first-order valence-electron chi connectivity index (χ1n) is 3.64. The second-order valence-corrected chi connectivity index (χ2v) is 3.64. The summed E-state index contributed by atoms with van der Waals surface area (Å²) in [5.41, 5.74) is 2.67. The van der Waals surface area contributed by atoms with Crippen molar-refractivity contribution in [3.63, 3.8) is 0 Å². The van der Waals surface area contributed by atoms with Crippen LogP contribution in [0.3, 0.4) is 0 Å². The van der Waals surface area contributed by atoms with E-state index in [0.717, 1.165) is 12.1 Å². The predicted octanol–water partition coefficient (Wildman–Crippen LogP) is 3.06. The molecule has 0 radical (unpaired) electrons. The number of hydrogen-bond donors (Lipinski definition) is 1. The largest absolute Gasteiger partial charge is 0.396 e. The smallest absolute Gasteiger partial charge is 0.278 e. The van der Waals surface area contributed by atoms with Crippen molar-refractivity contribution in [3.05, 3.63) is 24.0 Å². The van der Waals surface area contributed by atoms with Gasteiger partial charge in [0.2, 0.25) is 5.50 Å². The van der Waals surface area contributed by atoms with Gasteiger partial charge in [-0.05, 0) is 18.2 Å². The van der Waals surface area contributed by atoms with Gasteiger partial charge in [0.25, 0.3) is 6.43 Å². The number of alkyl halides is 3. The molecule has 1 nitrogen and oxygen atoms in total. The van der Waals surface area contributed by atoms with Crippen LogP contribution in [0, 0.1) is 5.82 Å². The molecule has 14 heavy (non-hydrogen) atoms. The average Bonchev–Trinajstić information content (AvgIpc) is 2.11. The Morgan fingerprint density at radius 3 is 2.36 bits per heavy atom. The summed E-state index contributed by atoms with van der Waals surface area (Å²) in [7, 11) is 0. The molecule has 0 amide bonds. The van der Waals surface area contributed by atoms with Crippen LogP contribution in [0.15, 0.2) is 23.1 Å². The monoisotopic (exact) mass is 225 g/mol. The van der Waals surface area contributed by atoms with Gasteiger partial charge in [-0.3, -0.25) is 0 Å². The zero-order valence-corrected chi connectivity index (χ0v) is 7.70. The van der Waals surface area contributed by atoms with Gasteiger partial charge in [0.1, 0.15) is 5.82 Å². The highest BCUT2D eigenvalue weighted by Crippen LogP contribution is 2.30. The fourth-order valence-corrected chi connectivity index (χ4v) is 1.48. The fraction of sp³-hybridized carbons (Fsp3) is 0.250. The van der Waals surface area contributed by atoms with Gasteiger partial charge in [-0.1, -0.05) is 11.8 Å². The van der Waals surface area contributed by atoms with E-state index in [-0.39, 0.29) is 10.6 Å². The van der Waals surface area contributed by atoms with E-state index in [2.05, 4.69) is 0 Å². The summed E-state index contributed by atoms with van der Waals surface area (Å²) in [6.45, 7) is 0. The summed E-state index contributed by atoms with van der Waals surface area (Å²) >= 11 is 0.311. The Kier molecular flexibility index (Phi) is 3.62. The minimum Gasteiger partial charge on any atom is -0.396 e. The maximum absolute atomic E-state index is 12.6. The van der Waals surface area contributed by atoms with Gasteiger partial charge < -0.3 is 5.73 Å². The van der Waals surface area contributed by atoms with Crippen molar-refractivity contribution < 1.29 is 17.6 Å². The second kappa shape index (κ2) is 4.54. The van der Waals surface area contributed by atoms with Crippen molar-refractivity contribution in [1.82, 2.24) is 0 Å². The van der Waals surface area contributed by atoms with Crippen LogP contribution in [0.5, 0.6) is 0 Å². The molecule has 0 saturated carbocycles. The van der Waals surface area contributed by atoms with Gasteiger partial charge in [-0.25, -0.2) is 17.6 Å². The predicted molar refractivity (Wildman–Crippen MR) is 47.6 cm³/mol. The number of nitrogen functional groups attached to an aromatic ring is 1. The normalized spacial score (nSPS) is 13.2. The van der Waals surface area contributed by atoms with Crippen molar-refractivity contribution >= 4 is 17.4 Å². The number of benzene rings is 1. The topological polar surface area (TPSA) is 26.0 Å². The van der Waals surface area contributed by atoms with E-state index >= 15 is 0 Å². The Labute approximate surface area is 82.3 Å². The average molecular weight is 225 g/mol. The molecule has 1 aromatic carbocycles. The van der Waals surface area contributed by atoms with E-state index in [4.69, 9.17) is 5.73 Å². The molecule has 1 unspecified atom stereocenters. The number of nitrogens with two attached hydrogens (primary N) is 1. The van der Waals surface area contributed by atoms with Crippen molar-refractivity contribution in [2.75, 3.05) is 5.73 Å². The van der Waals surface area contributed by atoms with Crippen LogP contribution in [-0.2, 0) is 0 Å². The maximum Gasteiger partial charge on any atom is 0.278 e. The van der Waals surface area contributed by atoms with Crippen molar-refractivity contribution in [2.24, 2.45) is 0 Å². The first-order valence-corrected chi connectivity index (χ1v) is 4.52. The summed E-state index contributed by atoms with van der Waals surface area (Å²) in [5.74, 6) is -0.651. The lowest BCUT2D eigenvalue weighted by molar-refractivity contribution is 0.0953. The lowest BCUT2D eigenvalue weighted by atomic mass is 10.3. The molecule has 6 heteroatoms. The fourth-order valence-electron chi connectivity index (χ4n) is 0.777. The first kappa shape index (κ1) is 11.2. The Morgan fingerprint density at radius 2 is 1.86 bits per heavy atom. The van der Waals surface area contributed by atoms with Crippen LogP contribution in [0.25, 0.3) is 0 Å². The molecule has 0 aromatic heterocycles. The SMILES string of the molecule is Nc1cc(SC(F)C(F)F)ccc1F. The molecular formula is C8H7F4NS. The van der Waals surface area contributed by atoms with Gasteiger partial charge in [-0.15, -0.1) is 0 Å². The summed E-state index contributed by atoms with van der Waals surface area (Å²) < 4.78 is 48.7. The molecule has 1 rings (SSSR count). The number of rotatable bonds is 3. The third-order valence-corrected chi connectivity index (χ3v) is 2.37. The Morgan fingerprint density at radius 1 is 1.21 bits per heavy atom. The van der Waals surface area contributed by atoms with Crippen LogP contribution >= 0.6 is 11.8 Å². The van der Waals surface area contributed by atoms with Gasteiger partial charge in [0.15, 0.2) is 0 Å². The zero-order chi connectivity index (χ0) is 10.7. The van der Waals surface area contributed by atoms with E-state index in [1.54, 1.807) is 0 Å². The third-order valence-electron chi connectivity index (χ3n) is 1.41. The molecule has 1 atom stereocenters. The Hall–Kier alpha value is -0.910. The van der Waals surface area contributed by atoms with Gasteiger partial charge in [0, 0.05) is 4.90 Å². The molecule has 0 aliphatic rings. The highest BCUT2D eigenvalue weighted by Gasteiger charge is 2.20. The van der Waals surface area contributed by atoms with Crippen LogP contribution in [0.4, 0.5) is 23.2 Å². The standard InChI is InChI=1S/C8H7F4NS/c9-5-2-1-4(3-6(5)13)14-8(12)7(10)11/h1-3,7-8H,13H2. The molecule has 0 fully saturated rings. The van der Waals surface area contributed by atoms with E-state index in [9.17, 15) is 17.6 Å². The lowest BCUT2D eigenvalue weighted by Gasteiger charge is -2.07. The van der Waals surface area contributed by atoms with Crippen molar-refractivity contribution in [3.8, 4) is 0 Å². The summed E-state index contributed by atoms with van der Waals surface area (Å²) in [6, 6.07) is 3.33. The van der Waals surface area contributed by atoms with Crippen molar-refractivity contribution in [1.29, 1.82) is 0 Å². The molecule has 0 aliphatic heterocycles. The molecule has 0 saturated heterocycles. The molecule has 2 N–H and O–H groups in total. The van der Waals surface area contributed by atoms with Crippen LogP contribution in [0.1, 0.15) is 0 Å². The summed E-state index contributed by atoms with van der Waals surface area (Å²) in [6.07, 6.45) is -3.06. The summed E-state index contributed by atoms with van der Waals surface area (Å²) in [4.78, 5) is 0.178. The van der Waals surface area contributed by atoms with Gasteiger partial charge >= 0.3 is 0 Å². The van der Waals surface area contributed by atoms with Gasteiger partial charge in [0.05, 0.1) is 5.69 Å². The third kappa shape index (κ3) is 2.80. The minimum atomic E-state index is -3.06. The number of thioether (sulfide) groups is 1. The quantitative estimate of drug-likeness (QED) is 0.486. The molecule has 78 valence electrons. The number of hydrogen-bond acceptors (Lipinski definition) is 2. The highest BCUT2D eigenvalue weighted by atomic mass is 32.2. The molecular weight excluding hydrogens is 218 g/mol. The summed E-state index contributed by atoms with van der Waals surface area (Å²) in [5, 5.41) is 0. The van der Waals surface area contributed by atoms with Crippen molar-refractivity contribution in [2.45, 2.75) is 16.8 Å². The minimum absolute atomic E-state index is 0.178. The second-order valence-electron chi connectivity index (χ2n) is 2.49. The Bertz CT molecular complexity index is 318. The number of halogens is 4.